The predicted molar refractivity (Wildman–Crippen MR) is 44.1 cm³/mol. The fraction of sp³-hybridized carbons (Fsp3) is 0.222. The first kappa shape index (κ1) is 8.41. The summed E-state index contributed by atoms with van der Waals surface area (Å²) in [5.41, 5.74) is 0. The summed E-state index contributed by atoms with van der Waals surface area (Å²) in [4.78, 5) is 0. The normalized spacial score (nSPS) is 8.67. The average molecular weight is 163 g/mol. The first-order valence-corrected chi connectivity index (χ1v) is 3.51. The number of nitriles is 1. The second-order valence-electron chi connectivity index (χ2n) is 2.10. The van der Waals surface area contributed by atoms with Crippen LogP contribution in [-0.2, 0) is 0 Å². The van der Waals surface area contributed by atoms with E-state index in [1.165, 1.54) is 0 Å². The maximum Gasteiger partial charge on any atom is 0.174 e. The van der Waals surface area contributed by atoms with Crippen molar-refractivity contribution in [1.82, 2.24) is 0 Å². The van der Waals surface area contributed by atoms with Crippen molar-refractivity contribution >= 4 is 0 Å². The first-order valence-electron chi connectivity index (χ1n) is 3.51. The molecule has 0 N–H and O–H groups in total. The van der Waals surface area contributed by atoms with E-state index in [2.05, 4.69) is 0 Å². The molecule has 0 unspecified atom stereocenters. The molecule has 0 atom stereocenters. The van der Waals surface area contributed by atoms with Crippen LogP contribution in [-0.4, -0.2) is 13.7 Å². The molecule has 0 aliphatic rings. The lowest BCUT2D eigenvalue weighted by molar-refractivity contribution is 0.329. The Balaban J connectivity index is 2.76. The second kappa shape index (κ2) is 4.24. The highest BCUT2D eigenvalue weighted by atomic mass is 16.5. The molecule has 3 nitrogen and oxygen atoms in total. The molecule has 0 aromatic heterocycles. The molecule has 1 aromatic carbocycles. The van der Waals surface area contributed by atoms with Gasteiger partial charge in [-0.2, -0.15) is 5.26 Å². The van der Waals surface area contributed by atoms with Gasteiger partial charge in [-0.15, -0.1) is 0 Å². The van der Waals surface area contributed by atoms with Crippen molar-refractivity contribution in [1.29, 1.82) is 5.26 Å². The zero-order valence-electron chi connectivity index (χ0n) is 6.78. The molecular weight excluding hydrogens is 154 g/mol. The lowest BCUT2D eigenvalue weighted by Gasteiger charge is -2.06. The average Bonchev–Trinajstić information content (AvgIpc) is 2.15. The van der Waals surface area contributed by atoms with E-state index in [0.29, 0.717) is 11.5 Å². The number of hydrogen-bond acceptors (Lipinski definition) is 3. The Bertz CT molecular complexity index is 291. The van der Waals surface area contributed by atoms with E-state index >= 15 is 0 Å². The lowest BCUT2D eigenvalue weighted by atomic mass is 10.3. The second-order valence-corrected chi connectivity index (χ2v) is 2.10. The number of benzene rings is 1. The summed E-state index contributed by atoms with van der Waals surface area (Å²) in [5, 5.41) is 8.28. The van der Waals surface area contributed by atoms with Crippen LogP contribution in [0.3, 0.4) is 0 Å². The highest BCUT2D eigenvalue weighted by Gasteiger charge is 2.00. The number of nitrogens with zero attached hydrogens (tertiary/aromatic N) is 1. The van der Waals surface area contributed by atoms with Crippen molar-refractivity contribution in [3.8, 4) is 17.6 Å². The summed E-state index contributed by atoms with van der Waals surface area (Å²) >= 11 is 0. The SMILES string of the molecule is COc1ccccc1OCC#N. The molecule has 62 valence electrons. The zero-order chi connectivity index (χ0) is 8.81. The monoisotopic (exact) mass is 163 g/mol. The summed E-state index contributed by atoms with van der Waals surface area (Å²) in [7, 11) is 1.56. The molecular formula is C9H9NO2. The van der Waals surface area contributed by atoms with Gasteiger partial charge in [0.2, 0.25) is 0 Å². The molecule has 1 rings (SSSR count). The van der Waals surface area contributed by atoms with Gasteiger partial charge in [0.25, 0.3) is 0 Å². The molecule has 12 heavy (non-hydrogen) atoms. The first-order chi connectivity index (χ1) is 5.88. The van der Waals surface area contributed by atoms with Crippen molar-refractivity contribution < 1.29 is 9.47 Å². The zero-order valence-corrected chi connectivity index (χ0v) is 6.78. The van der Waals surface area contributed by atoms with Gasteiger partial charge < -0.3 is 9.47 Å². The Hall–Kier alpha value is -1.69. The quantitative estimate of drug-likeness (QED) is 0.679. The summed E-state index contributed by atoms with van der Waals surface area (Å²) in [6, 6.07) is 9.11. The van der Waals surface area contributed by atoms with Gasteiger partial charge in [0.15, 0.2) is 18.1 Å². The molecule has 3 heteroatoms. The van der Waals surface area contributed by atoms with Crippen LogP contribution < -0.4 is 9.47 Å². The molecule has 0 heterocycles. The Kier molecular flexibility index (Phi) is 2.97. The minimum atomic E-state index is 0.0420. The summed E-state index contributed by atoms with van der Waals surface area (Å²) < 4.78 is 10.1. The van der Waals surface area contributed by atoms with Crippen LogP contribution >= 0.6 is 0 Å². The van der Waals surface area contributed by atoms with Gasteiger partial charge in [0.1, 0.15) is 6.07 Å². The van der Waals surface area contributed by atoms with Gasteiger partial charge in [-0.3, -0.25) is 0 Å². The van der Waals surface area contributed by atoms with Crippen molar-refractivity contribution in [2.75, 3.05) is 13.7 Å². The van der Waals surface area contributed by atoms with E-state index in [1.807, 2.05) is 18.2 Å². The van der Waals surface area contributed by atoms with Gasteiger partial charge in [-0.1, -0.05) is 12.1 Å². The third kappa shape index (κ3) is 1.89. The standard InChI is InChI=1S/C9H9NO2/c1-11-8-4-2-3-5-9(8)12-7-6-10/h2-5H,7H2,1H3. The van der Waals surface area contributed by atoms with Gasteiger partial charge in [0, 0.05) is 0 Å². The van der Waals surface area contributed by atoms with Gasteiger partial charge >= 0.3 is 0 Å². The number of para-hydroxylation sites is 2. The van der Waals surface area contributed by atoms with Crippen LogP contribution in [0.15, 0.2) is 24.3 Å². The van der Waals surface area contributed by atoms with E-state index in [1.54, 1.807) is 19.2 Å². The Labute approximate surface area is 71.1 Å². The third-order valence-electron chi connectivity index (χ3n) is 1.36. The maximum absolute atomic E-state index is 8.28. The van der Waals surface area contributed by atoms with Gasteiger partial charge in [0.05, 0.1) is 7.11 Å². The van der Waals surface area contributed by atoms with E-state index in [9.17, 15) is 0 Å². The van der Waals surface area contributed by atoms with E-state index in [4.69, 9.17) is 14.7 Å². The van der Waals surface area contributed by atoms with Crippen LogP contribution in [0.1, 0.15) is 0 Å². The molecule has 1 aromatic rings. The molecule has 0 aliphatic carbocycles. The van der Waals surface area contributed by atoms with Crippen LogP contribution in [0.25, 0.3) is 0 Å². The molecule has 0 fully saturated rings. The fourth-order valence-electron chi connectivity index (χ4n) is 0.848. The molecule has 0 aliphatic heterocycles. The minimum Gasteiger partial charge on any atom is -0.493 e. The number of methoxy groups -OCH3 is 1. The van der Waals surface area contributed by atoms with E-state index < -0.39 is 0 Å². The number of rotatable bonds is 3. The fourth-order valence-corrected chi connectivity index (χ4v) is 0.848. The molecule has 0 saturated heterocycles. The third-order valence-corrected chi connectivity index (χ3v) is 1.36. The Morgan fingerprint density at radius 3 is 2.58 bits per heavy atom. The highest BCUT2D eigenvalue weighted by Crippen LogP contribution is 2.25. The lowest BCUT2D eigenvalue weighted by Crippen LogP contribution is -1.95. The predicted octanol–water partition coefficient (Wildman–Crippen LogP) is 1.60. The molecule has 0 saturated carbocycles. The molecule has 0 bridgehead atoms. The maximum atomic E-state index is 8.28. The largest absolute Gasteiger partial charge is 0.493 e. The van der Waals surface area contributed by atoms with Crippen molar-refractivity contribution in [3.05, 3.63) is 24.3 Å². The van der Waals surface area contributed by atoms with Gasteiger partial charge in [-0.05, 0) is 12.1 Å². The van der Waals surface area contributed by atoms with Crippen LogP contribution in [0, 0.1) is 11.3 Å². The topological polar surface area (TPSA) is 42.2 Å². The van der Waals surface area contributed by atoms with Gasteiger partial charge in [-0.25, -0.2) is 0 Å². The summed E-state index contributed by atoms with van der Waals surface area (Å²) in [6.07, 6.45) is 0. The minimum absolute atomic E-state index is 0.0420. The Morgan fingerprint density at radius 2 is 2.00 bits per heavy atom. The molecule has 0 amide bonds. The van der Waals surface area contributed by atoms with Crippen molar-refractivity contribution in [2.24, 2.45) is 0 Å². The Morgan fingerprint density at radius 1 is 1.33 bits per heavy atom. The van der Waals surface area contributed by atoms with E-state index in [-0.39, 0.29) is 6.61 Å². The number of ether oxygens (including phenoxy) is 2. The smallest absolute Gasteiger partial charge is 0.174 e. The van der Waals surface area contributed by atoms with Crippen LogP contribution in [0.5, 0.6) is 11.5 Å². The number of hydrogen-bond donors (Lipinski definition) is 0. The van der Waals surface area contributed by atoms with Crippen LogP contribution in [0.4, 0.5) is 0 Å². The summed E-state index contributed by atoms with van der Waals surface area (Å²) in [6.45, 7) is 0.0420. The van der Waals surface area contributed by atoms with Crippen molar-refractivity contribution in [3.63, 3.8) is 0 Å². The van der Waals surface area contributed by atoms with Crippen LogP contribution in [0.2, 0.25) is 0 Å². The van der Waals surface area contributed by atoms with Crippen molar-refractivity contribution in [2.45, 2.75) is 0 Å². The molecule has 0 radical (unpaired) electrons. The molecule has 0 spiro atoms. The van der Waals surface area contributed by atoms with E-state index in [0.717, 1.165) is 0 Å². The summed E-state index contributed by atoms with van der Waals surface area (Å²) in [5.74, 6) is 1.24. The highest BCUT2D eigenvalue weighted by molar-refractivity contribution is 5.39.